The lowest BCUT2D eigenvalue weighted by molar-refractivity contribution is 0.0357. The Morgan fingerprint density at radius 2 is 2.21 bits per heavy atom. The molecule has 5 nitrogen and oxygen atoms in total. The van der Waals surface area contributed by atoms with Gasteiger partial charge in [-0.05, 0) is 13.0 Å². The SMILES string of the molecule is C#CC[C@H](C)OC(=O)c1cnc(-c2ncccn2)s1. The van der Waals surface area contributed by atoms with E-state index < -0.39 is 5.97 Å². The van der Waals surface area contributed by atoms with Crippen LogP contribution in [0.25, 0.3) is 10.8 Å². The van der Waals surface area contributed by atoms with Gasteiger partial charge in [-0.2, -0.15) is 0 Å². The summed E-state index contributed by atoms with van der Waals surface area (Å²) >= 11 is 1.19. The highest BCUT2D eigenvalue weighted by Gasteiger charge is 2.16. The molecule has 0 bridgehead atoms. The molecule has 0 N–H and O–H groups in total. The van der Waals surface area contributed by atoms with E-state index in [1.165, 1.54) is 17.5 Å². The molecule has 2 aromatic heterocycles. The summed E-state index contributed by atoms with van der Waals surface area (Å²) in [5.74, 6) is 2.51. The van der Waals surface area contributed by atoms with Gasteiger partial charge in [-0.1, -0.05) is 0 Å². The second kappa shape index (κ2) is 6.07. The lowest BCUT2D eigenvalue weighted by atomic mass is 10.3. The van der Waals surface area contributed by atoms with Crippen molar-refractivity contribution in [1.82, 2.24) is 15.0 Å². The van der Waals surface area contributed by atoms with Gasteiger partial charge < -0.3 is 4.74 Å². The van der Waals surface area contributed by atoms with Crippen LogP contribution in [0.3, 0.4) is 0 Å². The van der Waals surface area contributed by atoms with Crippen molar-refractivity contribution < 1.29 is 9.53 Å². The lowest BCUT2D eigenvalue weighted by Crippen LogP contribution is -2.13. The number of thiazole rings is 1. The summed E-state index contributed by atoms with van der Waals surface area (Å²) in [6.07, 6.45) is 9.94. The first-order chi connectivity index (χ1) is 9.20. The van der Waals surface area contributed by atoms with Gasteiger partial charge in [-0.15, -0.1) is 23.7 Å². The number of rotatable bonds is 4. The molecule has 0 aromatic carbocycles. The molecule has 0 amide bonds. The molecule has 0 saturated carbocycles. The van der Waals surface area contributed by atoms with Crippen molar-refractivity contribution in [3.8, 4) is 23.2 Å². The number of ether oxygens (including phenoxy) is 1. The molecule has 1 atom stereocenters. The largest absolute Gasteiger partial charge is 0.457 e. The van der Waals surface area contributed by atoms with Gasteiger partial charge in [0.1, 0.15) is 11.0 Å². The zero-order chi connectivity index (χ0) is 13.7. The van der Waals surface area contributed by atoms with Gasteiger partial charge in [0.25, 0.3) is 0 Å². The highest BCUT2D eigenvalue weighted by Crippen LogP contribution is 2.22. The van der Waals surface area contributed by atoms with Crippen molar-refractivity contribution >= 4 is 17.3 Å². The monoisotopic (exact) mass is 273 g/mol. The second-order valence-electron chi connectivity index (χ2n) is 3.73. The standard InChI is InChI=1S/C13H11N3O2S/c1-3-5-9(2)18-13(17)10-8-16-12(19-10)11-14-6-4-7-15-11/h1,4,6-9H,5H2,2H3/t9-/m0/s1. The fourth-order valence-electron chi connectivity index (χ4n) is 1.33. The minimum atomic E-state index is -0.428. The minimum Gasteiger partial charge on any atom is -0.457 e. The quantitative estimate of drug-likeness (QED) is 0.631. The van der Waals surface area contributed by atoms with Crippen LogP contribution in [0.15, 0.2) is 24.7 Å². The van der Waals surface area contributed by atoms with Crippen LogP contribution in [0, 0.1) is 12.3 Å². The number of carbonyl (C=O) groups is 1. The number of terminal acetylenes is 1. The first-order valence-electron chi connectivity index (χ1n) is 5.58. The first kappa shape index (κ1) is 13.2. The van der Waals surface area contributed by atoms with Crippen LogP contribution < -0.4 is 0 Å². The fourth-order valence-corrected chi connectivity index (χ4v) is 2.08. The van der Waals surface area contributed by atoms with Crippen LogP contribution in [0.1, 0.15) is 23.0 Å². The molecule has 0 radical (unpaired) electrons. The summed E-state index contributed by atoms with van der Waals surface area (Å²) in [5, 5.41) is 0.581. The fraction of sp³-hybridized carbons (Fsp3) is 0.231. The number of hydrogen-bond acceptors (Lipinski definition) is 6. The number of hydrogen-bond donors (Lipinski definition) is 0. The van der Waals surface area contributed by atoms with Crippen LogP contribution in [0.2, 0.25) is 0 Å². The zero-order valence-electron chi connectivity index (χ0n) is 10.2. The molecular formula is C13H11N3O2S. The first-order valence-corrected chi connectivity index (χ1v) is 6.40. The maximum atomic E-state index is 11.8. The Kier molecular flexibility index (Phi) is 4.21. The molecule has 0 aliphatic heterocycles. The van der Waals surface area contributed by atoms with Gasteiger partial charge in [-0.3, -0.25) is 0 Å². The number of nitrogens with zero attached hydrogens (tertiary/aromatic N) is 3. The Morgan fingerprint density at radius 1 is 1.47 bits per heavy atom. The third-order valence-electron chi connectivity index (χ3n) is 2.18. The molecule has 2 rings (SSSR count). The van der Waals surface area contributed by atoms with E-state index in [1.54, 1.807) is 25.4 Å². The minimum absolute atomic E-state index is 0.309. The number of aromatic nitrogens is 3. The summed E-state index contributed by atoms with van der Waals surface area (Å²) < 4.78 is 5.17. The Bertz CT molecular complexity index is 604. The Morgan fingerprint density at radius 3 is 2.89 bits per heavy atom. The van der Waals surface area contributed by atoms with Gasteiger partial charge >= 0.3 is 5.97 Å². The molecule has 0 spiro atoms. The molecule has 0 saturated heterocycles. The summed E-state index contributed by atoms with van der Waals surface area (Å²) in [7, 11) is 0. The predicted molar refractivity (Wildman–Crippen MR) is 71.5 cm³/mol. The molecule has 6 heteroatoms. The molecule has 0 unspecified atom stereocenters. The van der Waals surface area contributed by atoms with Gasteiger partial charge in [0.05, 0.1) is 6.20 Å². The van der Waals surface area contributed by atoms with E-state index in [0.717, 1.165) is 0 Å². The van der Waals surface area contributed by atoms with E-state index >= 15 is 0 Å². The third kappa shape index (κ3) is 3.36. The second-order valence-corrected chi connectivity index (χ2v) is 4.76. The predicted octanol–water partition coefficient (Wildman–Crippen LogP) is 2.17. The van der Waals surface area contributed by atoms with Crippen molar-refractivity contribution in [1.29, 1.82) is 0 Å². The smallest absolute Gasteiger partial charge is 0.350 e. The molecule has 2 heterocycles. The van der Waals surface area contributed by atoms with E-state index in [9.17, 15) is 4.79 Å². The molecule has 2 aromatic rings. The highest BCUT2D eigenvalue weighted by molar-refractivity contribution is 7.16. The van der Waals surface area contributed by atoms with Gasteiger partial charge in [-0.25, -0.2) is 19.7 Å². The normalized spacial score (nSPS) is 11.6. The molecule has 0 aliphatic rings. The Labute approximate surface area is 114 Å². The molecule has 19 heavy (non-hydrogen) atoms. The summed E-state index contributed by atoms with van der Waals surface area (Å²) in [4.78, 5) is 24.5. The molecule has 96 valence electrons. The topological polar surface area (TPSA) is 65.0 Å². The highest BCUT2D eigenvalue weighted by atomic mass is 32.1. The summed E-state index contributed by atoms with van der Waals surface area (Å²) in [6, 6.07) is 1.72. The van der Waals surface area contributed by atoms with E-state index in [4.69, 9.17) is 11.2 Å². The average Bonchev–Trinajstić information content (AvgIpc) is 2.89. The van der Waals surface area contributed by atoms with E-state index in [1.807, 2.05) is 0 Å². The molecule has 0 aliphatic carbocycles. The average molecular weight is 273 g/mol. The van der Waals surface area contributed by atoms with Crippen molar-refractivity contribution in [2.45, 2.75) is 19.4 Å². The van der Waals surface area contributed by atoms with Crippen LogP contribution >= 0.6 is 11.3 Å². The van der Waals surface area contributed by atoms with Gasteiger partial charge in [0, 0.05) is 18.8 Å². The molecule has 0 fully saturated rings. The van der Waals surface area contributed by atoms with Crippen molar-refractivity contribution in [3.05, 3.63) is 29.5 Å². The zero-order valence-corrected chi connectivity index (χ0v) is 11.1. The van der Waals surface area contributed by atoms with Crippen molar-refractivity contribution in [2.75, 3.05) is 0 Å². The lowest BCUT2D eigenvalue weighted by Gasteiger charge is -2.08. The van der Waals surface area contributed by atoms with Crippen molar-refractivity contribution in [2.24, 2.45) is 0 Å². The summed E-state index contributed by atoms with van der Waals surface area (Å²) in [6.45, 7) is 1.75. The van der Waals surface area contributed by atoms with Crippen LogP contribution in [0.5, 0.6) is 0 Å². The van der Waals surface area contributed by atoms with E-state index in [-0.39, 0.29) is 6.10 Å². The van der Waals surface area contributed by atoms with Gasteiger partial charge in [0.15, 0.2) is 10.8 Å². The number of esters is 1. The van der Waals surface area contributed by atoms with Crippen molar-refractivity contribution in [3.63, 3.8) is 0 Å². The van der Waals surface area contributed by atoms with Gasteiger partial charge in [0.2, 0.25) is 0 Å². The van der Waals surface area contributed by atoms with Crippen LogP contribution in [0.4, 0.5) is 0 Å². The summed E-state index contributed by atoms with van der Waals surface area (Å²) in [5.41, 5.74) is 0. The van der Waals surface area contributed by atoms with Crippen LogP contribution in [-0.2, 0) is 4.74 Å². The molecular weight excluding hydrogens is 262 g/mol. The van der Waals surface area contributed by atoms with Crippen LogP contribution in [-0.4, -0.2) is 27.0 Å². The Balaban J connectivity index is 2.09. The van der Waals surface area contributed by atoms with E-state index in [2.05, 4.69) is 20.9 Å². The maximum Gasteiger partial charge on any atom is 0.350 e. The van der Waals surface area contributed by atoms with E-state index in [0.29, 0.717) is 22.1 Å². The third-order valence-corrected chi connectivity index (χ3v) is 3.15. The maximum absolute atomic E-state index is 11.8. The Hall–Kier alpha value is -2.26. The number of carbonyl (C=O) groups excluding carboxylic acids is 1.